The van der Waals surface area contributed by atoms with Gasteiger partial charge in [-0.1, -0.05) is 13.8 Å². The monoisotopic (exact) mass is 223 g/mol. The molecule has 16 heavy (non-hydrogen) atoms. The smallest absolute Gasteiger partial charge is 0.223 e. The van der Waals surface area contributed by atoms with Crippen LogP contribution in [0, 0.1) is 5.92 Å². The summed E-state index contributed by atoms with van der Waals surface area (Å²) in [6.07, 6.45) is 0. The molecule has 0 radical (unpaired) electrons. The molecule has 0 saturated carbocycles. The normalized spacial score (nSPS) is 12.6. The molecule has 0 aromatic carbocycles. The Hall–Kier alpha value is -1.52. The average molecular weight is 223 g/mol. The van der Waals surface area contributed by atoms with E-state index in [1.165, 1.54) is 0 Å². The SMILES string of the molecule is CNc1cc(N(C)C(C)C(C)C)nc(N)n1. The summed E-state index contributed by atoms with van der Waals surface area (Å²) in [6, 6.07) is 2.30. The van der Waals surface area contributed by atoms with Gasteiger partial charge in [-0.25, -0.2) is 0 Å². The third kappa shape index (κ3) is 2.74. The molecule has 1 atom stereocenters. The van der Waals surface area contributed by atoms with Gasteiger partial charge in [0.2, 0.25) is 5.95 Å². The lowest BCUT2D eigenvalue weighted by molar-refractivity contribution is 0.503. The first kappa shape index (κ1) is 12.5. The van der Waals surface area contributed by atoms with Gasteiger partial charge in [0, 0.05) is 26.2 Å². The molecule has 1 heterocycles. The predicted octanol–water partition coefficient (Wildman–Crippen LogP) is 1.58. The summed E-state index contributed by atoms with van der Waals surface area (Å²) in [5.74, 6) is 2.44. The molecular formula is C11H21N5. The third-order valence-electron chi connectivity index (χ3n) is 2.92. The Labute approximate surface area is 97.1 Å². The molecule has 0 bridgehead atoms. The Bertz CT molecular complexity index is 350. The first-order valence-corrected chi connectivity index (χ1v) is 5.50. The van der Waals surface area contributed by atoms with Crippen LogP contribution in [0.25, 0.3) is 0 Å². The molecule has 0 aliphatic carbocycles. The summed E-state index contributed by atoms with van der Waals surface area (Å²) in [6.45, 7) is 6.54. The van der Waals surface area contributed by atoms with E-state index in [2.05, 4.69) is 41.0 Å². The summed E-state index contributed by atoms with van der Waals surface area (Å²) < 4.78 is 0. The molecule has 5 heteroatoms. The minimum Gasteiger partial charge on any atom is -0.373 e. The van der Waals surface area contributed by atoms with Crippen LogP contribution in [0.4, 0.5) is 17.6 Å². The fourth-order valence-corrected chi connectivity index (χ4v) is 1.42. The van der Waals surface area contributed by atoms with Crippen LogP contribution in [0.15, 0.2) is 6.07 Å². The van der Waals surface area contributed by atoms with Gasteiger partial charge in [-0.3, -0.25) is 0 Å². The van der Waals surface area contributed by atoms with Crippen LogP contribution in [0.2, 0.25) is 0 Å². The molecule has 0 saturated heterocycles. The van der Waals surface area contributed by atoms with E-state index >= 15 is 0 Å². The molecule has 0 amide bonds. The molecule has 5 nitrogen and oxygen atoms in total. The number of nitrogens with zero attached hydrogens (tertiary/aromatic N) is 3. The Morgan fingerprint density at radius 2 is 1.94 bits per heavy atom. The van der Waals surface area contributed by atoms with E-state index in [9.17, 15) is 0 Å². The summed E-state index contributed by atoms with van der Waals surface area (Å²) >= 11 is 0. The van der Waals surface area contributed by atoms with Gasteiger partial charge in [-0.2, -0.15) is 9.97 Å². The molecule has 0 aliphatic rings. The van der Waals surface area contributed by atoms with Crippen molar-refractivity contribution < 1.29 is 0 Å². The van der Waals surface area contributed by atoms with Crippen molar-refractivity contribution in [3.05, 3.63) is 6.07 Å². The molecule has 90 valence electrons. The van der Waals surface area contributed by atoms with Gasteiger partial charge in [-0.05, 0) is 12.8 Å². The summed E-state index contributed by atoms with van der Waals surface area (Å²) in [5, 5.41) is 2.97. The minimum atomic E-state index is 0.296. The highest BCUT2D eigenvalue weighted by molar-refractivity contribution is 5.52. The van der Waals surface area contributed by atoms with Crippen molar-refractivity contribution >= 4 is 17.6 Å². The highest BCUT2D eigenvalue weighted by Crippen LogP contribution is 2.20. The fraction of sp³-hybridized carbons (Fsp3) is 0.636. The van der Waals surface area contributed by atoms with Gasteiger partial charge in [-0.15, -0.1) is 0 Å². The lowest BCUT2D eigenvalue weighted by atomic mass is 10.1. The van der Waals surface area contributed by atoms with Crippen molar-refractivity contribution in [3.63, 3.8) is 0 Å². The number of anilines is 3. The van der Waals surface area contributed by atoms with Gasteiger partial charge in [0.1, 0.15) is 11.6 Å². The summed E-state index contributed by atoms with van der Waals surface area (Å²) in [4.78, 5) is 10.4. The van der Waals surface area contributed by atoms with E-state index in [0.717, 1.165) is 11.6 Å². The largest absolute Gasteiger partial charge is 0.373 e. The van der Waals surface area contributed by atoms with Crippen molar-refractivity contribution in [2.45, 2.75) is 26.8 Å². The molecule has 1 rings (SSSR count). The zero-order chi connectivity index (χ0) is 12.3. The highest BCUT2D eigenvalue weighted by atomic mass is 15.2. The maximum atomic E-state index is 5.66. The van der Waals surface area contributed by atoms with Gasteiger partial charge in [0.15, 0.2) is 0 Å². The third-order valence-corrected chi connectivity index (χ3v) is 2.92. The second kappa shape index (κ2) is 5.01. The van der Waals surface area contributed by atoms with Crippen molar-refractivity contribution in [2.75, 3.05) is 30.0 Å². The van der Waals surface area contributed by atoms with E-state index in [0.29, 0.717) is 17.9 Å². The van der Waals surface area contributed by atoms with Crippen molar-refractivity contribution in [1.29, 1.82) is 0 Å². The molecule has 0 aliphatic heterocycles. The molecule has 1 unspecified atom stereocenters. The lowest BCUT2D eigenvalue weighted by Gasteiger charge is -2.29. The average Bonchev–Trinajstić information content (AvgIpc) is 2.25. The van der Waals surface area contributed by atoms with Gasteiger partial charge in [0.05, 0.1) is 0 Å². The molecule has 1 aromatic rings. The van der Waals surface area contributed by atoms with Crippen LogP contribution in [0.3, 0.4) is 0 Å². The van der Waals surface area contributed by atoms with Crippen LogP contribution in [-0.4, -0.2) is 30.1 Å². The van der Waals surface area contributed by atoms with Gasteiger partial charge < -0.3 is 16.0 Å². The number of rotatable bonds is 4. The number of nitrogen functional groups attached to an aromatic ring is 1. The lowest BCUT2D eigenvalue weighted by Crippen LogP contribution is -2.34. The highest BCUT2D eigenvalue weighted by Gasteiger charge is 2.15. The Morgan fingerprint density at radius 1 is 1.31 bits per heavy atom. The van der Waals surface area contributed by atoms with E-state index in [1.54, 1.807) is 0 Å². The quantitative estimate of drug-likeness (QED) is 0.811. The van der Waals surface area contributed by atoms with Crippen LogP contribution in [-0.2, 0) is 0 Å². The molecule has 0 spiro atoms. The van der Waals surface area contributed by atoms with Gasteiger partial charge >= 0.3 is 0 Å². The van der Waals surface area contributed by atoms with Crippen LogP contribution >= 0.6 is 0 Å². The fourth-order valence-electron chi connectivity index (χ4n) is 1.42. The zero-order valence-electron chi connectivity index (χ0n) is 10.7. The minimum absolute atomic E-state index is 0.296. The first-order valence-electron chi connectivity index (χ1n) is 5.50. The topological polar surface area (TPSA) is 67.1 Å². The van der Waals surface area contributed by atoms with E-state index in [1.807, 2.05) is 20.2 Å². The van der Waals surface area contributed by atoms with E-state index < -0.39 is 0 Å². The van der Waals surface area contributed by atoms with E-state index in [-0.39, 0.29) is 0 Å². The van der Waals surface area contributed by atoms with Crippen LogP contribution in [0.1, 0.15) is 20.8 Å². The molecular weight excluding hydrogens is 202 g/mol. The van der Waals surface area contributed by atoms with Crippen LogP contribution in [0.5, 0.6) is 0 Å². The Morgan fingerprint density at radius 3 is 2.44 bits per heavy atom. The number of hydrogen-bond acceptors (Lipinski definition) is 5. The maximum absolute atomic E-state index is 5.66. The van der Waals surface area contributed by atoms with Gasteiger partial charge in [0.25, 0.3) is 0 Å². The summed E-state index contributed by atoms with van der Waals surface area (Å²) in [5.41, 5.74) is 5.66. The molecule has 0 fully saturated rings. The number of hydrogen-bond donors (Lipinski definition) is 2. The summed E-state index contributed by atoms with van der Waals surface area (Å²) in [7, 11) is 3.84. The Kier molecular flexibility index (Phi) is 3.93. The number of nitrogens with two attached hydrogens (primary N) is 1. The first-order chi connectivity index (χ1) is 7.45. The second-order valence-electron chi connectivity index (χ2n) is 4.32. The van der Waals surface area contributed by atoms with Crippen molar-refractivity contribution in [1.82, 2.24) is 9.97 Å². The maximum Gasteiger partial charge on any atom is 0.223 e. The standard InChI is InChI=1S/C11H21N5/c1-7(2)8(3)16(5)10-6-9(13-4)14-11(12)15-10/h6-8H,1-5H3,(H3,12,13,14,15). The second-order valence-corrected chi connectivity index (χ2v) is 4.32. The number of aromatic nitrogens is 2. The van der Waals surface area contributed by atoms with Crippen molar-refractivity contribution in [3.8, 4) is 0 Å². The zero-order valence-corrected chi connectivity index (χ0v) is 10.7. The Balaban J connectivity index is 2.98. The number of nitrogens with one attached hydrogen (secondary N) is 1. The van der Waals surface area contributed by atoms with Crippen molar-refractivity contribution in [2.24, 2.45) is 5.92 Å². The molecule has 1 aromatic heterocycles. The van der Waals surface area contributed by atoms with Crippen LogP contribution < -0.4 is 16.0 Å². The van der Waals surface area contributed by atoms with E-state index in [4.69, 9.17) is 5.73 Å². The predicted molar refractivity (Wildman–Crippen MR) is 68.7 cm³/mol. The molecule has 3 N–H and O–H groups in total.